The van der Waals surface area contributed by atoms with E-state index in [1.54, 1.807) is 0 Å². The van der Waals surface area contributed by atoms with Crippen LogP contribution in [0.25, 0.3) is 10.9 Å². The fourth-order valence-electron chi connectivity index (χ4n) is 4.40. The largest absolute Gasteiger partial charge is 0.392 e. The van der Waals surface area contributed by atoms with Crippen molar-refractivity contribution in [3.8, 4) is 0 Å². The van der Waals surface area contributed by atoms with Crippen LogP contribution in [0.2, 0.25) is 0 Å². The molecule has 116 valence electrons. The Bertz CT molecular complexity index is 715. The zero-order valence-corrected chi connectivity index (χ0v) is 13.2. The Hall–Kier alpha value is -1.58. The van der Waals surface area contributed by atoms with Crippen molar-refractivity contribution >= 4 is 10.9 Å². The molecule has 22 heavy (non-hydrogen) atoms. The number of rotatable bonds is 2. The van der Waals surface area contributed by atoms with Gasteiger partial charge in [0.1, 0.15) is 0 Å². The molecule has 1 saturated heterocycles. The molecule has 3 heteroatoms. The number of benzene rings is 1. The highest BCUT2D eigenvalue weighted by Gasteiger charge is 2.36. The predicted octanol–water partition coefficient (Wildman–Crippen LogP) is 3.42. The molecule has 0 radical (unpaired) electrons. The van der Waals surface area contributed by atoms with Gasteiger partial charge in [-0.25, -0.2) is 0 Å². The molecule has 2 atom stereocenters. The zero-order valence-electron chi connectivity index (χ0n) is 13.2. The van der Waals surface area contributed by atoms with E-state index in [1.807, 2.05) is 6.92 Å². The van der Waals surface area contributed by atoms with E-state index >= 15 is 0 Å². The summed E-state index contributed by atoms with van der Waals surface area (Å²) in [6, 6.07) is 9.15. The minimum atomic E-state index is 0.202. The van der Waals surface area contributed by atoms with Gasteiger partial charge in [0.15, 0.2) is 0 Å². The average Bonchev–Trinajstić information content (AvgIpc) is 2.95. The molecule has 0 bridgehead atoms. The fourth-order valence-corrected chi connectivity index (χ4v) is 4.40. The smallest absolute Gasteiger partial charge is 0.0644 e. The van der Waals surface area contributed by atoms with E-state index in [4.69, 9.17) is 0 Å². The summed E-state index contributed by atoms with van der Waals surface area (Å²) in [5.41, 5.74) is 5.42. The number of H-pyrrole nitrogens is 1. The number of fused-ring (bicyclic) bond motifs is 5. The molecular formula is C19H24N2O. The normalized spacial score (nSPS) is 26.0. The van der Waals surface area contributed by atoms with E-state index in [9.17, 15) is 5.11 Å². The number of hydrogen-bond donors (Lipinski definition) is 2. The highest BCUT2D eigenvalue weighted by atomic mass is 16.3. The van der Waals surface area contributed by atoms with E-state index < -0.39 is 0 Å². The van der Waals surface area contributed by atoms with Crippen molar-refractivity contribution < 1.29 is 5.11 Å². The minimum absolute atomic E-state index is 0.202. The van der Waals surface area contributed by atoms with Crippen LogP contribution < -0.4 is 0 Å². The average molecular weight is 296 g/mol. The molecule has 4 rings (SSSR count). The third-order valence-corrected chi connectivity index (χ3v) is 5.62. The number of allylic oxidation sites excluding steroid dienone is 1. The Morgan fingerprint density at radius 3 is 3.05 bits per heavy atom. The van der Waals surface area contributed by atoms with Gasteiger partial charge < -0.3 is 10.1 Å². The van der Waals surface area contributed by atoms with Crippen molar-refractivity contribution in [2.45, 2.75) is 32.2 Å². The van der Waals surface area contributed by atoms with Crippen LogP contribution in [-0.4, -0.2) is 34.7 Å². The van der Waals surface area contributed by atoms with Gasteiger partial charge >= 0.3 is 0 Å². The number of aliphatic hydroxyl groups is 1. The second-order valence-electron chi connectivity index (χ2n) is 6.61. The molecule has 1 fully saturated rings. The van der Waals surface area contributed by atoms with Gasteiger partial charge in [-0.3, -0.25) is 4.90 Å². The van der Waals surface area contributed by atoms with Crippen LogP contribution in [-0.2, 0) is 6.42 Å². The van der Waals surface area contributed by atoms with Gasteiger partial charge in [0.25, 0.3) is 0 Å². The first-order valence-corrected chi connectivity index (χ1v) is 8.41. The molecule has 2 unspecified atom stereocenters. The zero-order chi connectivity index (χ0) is 15.1. The number of nitrogens with one attached hydrogen (secondary N) is 1. The van der Waals surface area contributed by atoms with Crippen LogP contribution >= 0.6 is 0 Å². The van der Waals surface area contributed by atoms with Crippen LogP contribution in [0.4, 0.5) is 0 Å². The number of para-hydroxylation sites is 1. The van der Waals surface area contributed by atoms with Gasteiger partial charge in [-0.15, -0.1) is 0 Å². The van der Waals surface area contributed by atoms with Crippen LogP contribution in [0.15, 0.2) is 35.9 Å². The van der Waals surface area contributed by atoms with Crippen molar-refractivity contribution in [2.75, 3.05) is 19.7 Å². The third kappa shape index (κ3) is 2.11. The summed E-state index contributed by atoms with van der Waals surface area (Å²) in [7, 11) is 0. The van der Waals surface area contributed by atoms with Crippen molar-refractivity contribution in [3.63, 3.8) is 0 Å². The number of hydrogen-bond acceptors (Lipinski definition) is 2. The van der Waals surface area contributed by atoms with E-state index in [1.165, 1.54) is 34.2 Å². The second-order valence-corrected chi connectivity index (χ2v) is 6.61. The first-order chi connectivity index (χ1) is 10.8. The molecule has 2 N–H and O–H groups in total. The third-order valence-electron chi connectivity index (χ3n) is 5.62. The number of aromatic amines is 1. The maximum absolute atomic E-state index is 9.59. The number of piperidine rings is 1. The standard InChI is InChI=1S/C19H24N2O/c1-2-13(12-22)14-7-9-21-10-8-16-15-5-3-4-6-17(15)20-19(16)18(21)11-14/h2-6,14,18,20,22H,7-12H2,1H3. The summed E-state index contributed by atoms with van der Waals surface area (Å²) in [4.78, 5) is 6.31. The monoisotopic (exact) mass is 296 g/mol. The quantitative estimate of drug-likeness (QED) is 0.834. The topological polar surface area (TPSA) is 39.3 Å². The summed E-state index contributed by atoms with van der Waals surface area (Å²) >= 11 is 0. The Kier molecular flexibility index (Phi) is 3.55. The predicted molar refractivity (Wildman–Crippen MR) is 89.9 cm³/mol. The van der Waals surface area contributed by atoms with Gasteiger partial charge in [-0.1, -0.05) is 24.3 Å². The molecule has 0 saturated carbocycles. The minimum Gasteiger partial charge on any atom is -0.392 e. The highest BCUT2D eigenvalue weighted by molar-refractivity contribution is 5.85. The molecule has 3 nitrogen and oxygen atoms in total. The van der Waals surface area contributed by atoms with Crippen LogP contribution in [0.3, 0.4) is 0 Å². The first-order valence-electron chi connectivity index (χ1n) is 8.41. The lowest BCUT2D eigenvalue weighted by atomic mass is 9.81. The molecule has 1 aromatic carbocycles. The van der Waals surface area contributed by atoms with Gasteiger partial charge in [0.2, 0.25) is 0 Å². The van der Waals surface area contributed by atoms with Gasteiger partial charge in [0, 0.05) is 23.1 Å². The van der Waals surface area contributed by atoms with E-state index in [2.05, 4.69) is 40.2 Å². The van der Waals surface area contributed by atoms with E-state index in [0.29, 0.717) is 12.0 Å². The van der Waals surface area contributed by atoms with Crippen molar-refractivity contribution in [2.24, 2.45) is 5.92 Å². The fraction of sp³-hybridized carbons (Fsp3) is 0.474. The Balaban J connectivity index is 1.72. The van der Waals surface area contributed by atoms with Crippen molar-refractivity contribution in [1.82, 2.24) is 9.88 Å². The van der Waals surface area contributed by atoms with Crippen molar-refractivity contribution in [3.05, 3.63) is 47.2 Å². The van der Waals surface area contributed by atoms with E-state index in [-0.39, 0.29) is 6.61 Å². The summed E-state index contributed by atoms with van der Waals surface area (Å²) in [5, 5.41) is 11.0. The van der Waals surface area contributed by atoms with Crippen molar-refractivity contribution in [1.29, 1.82) is 0 Å². The summed E-state index contributed by atoms with van der Waals surface area (Å²) < 4.78 is 0. The molecule has 2 aliphatic heterocycles. The Morgan fingerprint density at radius 2 is 2.23 bits per heavy atom. The molecule has 1 aromatic heterocycles. The van der Waals surface area contributed by atoms with E-state index in [0.717, 1.165) is 25.9 Å². The molecule has 0 amide bonds. The van der Waals surface area contributed by atoms with Gasteiger partial charge in [0.05, 0.1) is 12.6 Å². The SMILES string of the molecule is CC=C(CO)C1CCN2CCc3c([nH]c4ccccc34)C2C1. The van der Waals surface area contributed by atoms with Crippen LogP contribution in [0, 0.1) is 5.92 Å². The maximum Gasteiger partial charge on any atom is 0.0644 e. The molecular weight excluding hydrogens is 272 g/mol. The number of nitrogens with zero attached hydrogens (tertiary/aromatic N) is 1. The Labute approximate surface area is 131 Å². The van der Waals surface area contributed by atoms with Crippen LogP contribution in [0.1, 0.15) is 37.1 Å². The lowest BCUT2D eigenvalue weighted by molar-refractivity contribution is 0.107. The molecule has 0 spiro atoms. The second kappa shape index (κ2) is 5.56. The molecule has 3 heterocycles. The number of aliphatic hydroxyl groups excluding tert-OH is 1. The molecule has 2 aliphatic rings. The maximum atomic E-state index is 9.59. The lowest BCUT2D eigenvalue weighted by Gasteiger charge is -2.42. The van der Waals surface area contributed by atoms with Gasteiger partial charge in [-0.05, 0) is 55.9 Å². The summed E-state index contributed by atoms with van der Waals surface area (Å²) in [5.74, 6) is 0.522. The van der Waals surface area contributed by atoms with Crippen LogP contribution in [0.5, 0.6) is 0 Å². The van der Waals surface area contributed by atoms with Gasteiger partial charge in [-0.2, -0.15) is 0 Å². The Morgan fingerprint density at radius 1 is 1.36 bits per heavy atom. The first kappa shape index (κ1) is 14.0. The number of aromatic nitrogens is 1. The summed E-state index contributed by atoms with van der Waals surface area (Å²) in [6.07, 6.45) is 5.55. The molecule has 2 aromatic rings. The summed E-state index contributed by atoms with van der Waals surface area (Å²) in [6.45, 7) is 4.55. The highest BCUT2D eigenvalue weighted by Crippen LogP contribution is 2.42. The lowest BCUT2D eigenvalue weighted by Crippen LogP contribution is -2.41. The molecule has 0 aliphatic carbocycles.